The van der Waals surface area contributed by atoms with Crippen molar-refractivity contribution in [2.24, 2.45) is 5.73 Å². The fourth-order valence-electron chi connectivity index (χ4n) is 4.34. The van der Waals surface area contributed by atoms with Gasteiger partial charge in [0.25, 0.3) is 11.8 Å². The number of benzene rings is 2. The number of nitrogens with zero attached hydrogens (tertiary/aromatic N) is 4. The van der Waals surface area contributed by atoms with E-state index in [9.17, 15) is 9.59 Å². The minimum atomic E-state index is -0.216. The molecule has 17 nitrogen and oxygen atoms in total. The summed E-state index contributed by atoms with van der Waals surface area (Å²) in [5.74, 6) is 1.21. The lowest BCUT2D eigenvalue weighted by Gasteiger charge is -2.12. The maximum atomic E-state index is 12.6. The number of anilines is 5. The van der Waals surface area contributed by atoms with Crippen LogP contribution < -0.4 is 37.1 Å². The van der Waals surface area contributed by atoms with Gasteiger partial charge in [-0.25, -0.2) is 0 Å². The molecule has 2 heterocycles. The largest absolute Gasteiger partial charge is 0.497 e. The fourth-order valence-corrected chi connectivity index (χ4v) is 4.34. The molecule has 0 spiro atoms. The molecule has 292 valence electrons. The normalized spacial score (nSPS) is 10.4. The zero-order chi connectivity index (χ0) is 38.6. The van der Waals surface area contributed by atoms with Crippen molar-refractivity contribution in [3.63, 3.8) is 0 Å². The van der Waals surface area contributed by atoms with Crippen LogP contribution in [0.1, 0.15) is 34.6 Å². The highest BCUT2D eigenvalue weighted by Crippen LogP contribution is 2.21. The molecular formula is C37H52N10O7. The van der Waals surface area contributed by atoms with Gasteiger partial charge >= 0.3 is 0 Å². The highest BCUT2D eigenvalue weighted by molar-refractivity contribution is 5.94. The number of amides is 2. The summed E-state index contributed by atoms with van der Waals surface area (Å²) in [6, 6.07) is 17.7. The van der Waals surface area contributed by atoms with Crippen molar-refractivity contribution in [3.05, 3.63) is 84.2 Å². The van der Waals surface area contributed by atoms with E-state index in [0.29, 0.717) is 108 Å². The Kier molecular flexibility index (Phi) is 20.9. The molecule has 2 aromatic carbocycles. The highest BCUT2D eigenvalue weighted by atomic mass is 16.5. The Morgan fingerprint density at radius 1 is 0.611 bits per heavy atom. The second-order valence-corrected chi connectivity index (χ2v) is 10.8. The van der Waals surface area contributed by atoms with Gasteiger partial charge in [0, 0.05) is 55.5 Å². The molecule has 4 rings (SSSR count). The molecule has 4 aromatic rings. The van der Waals surface area contributed by atoms with E-state index < -0.39 is 0 Å². The van der Waals surface area contributed by atoms with Crippen LogP contribution >= 0.6 is 0 Å². The van der Waals surface area contributed by atoms with E-state index in [4.69, 9.17) is 29.4 Å². The topological polar surface area (TPSA) is 218 Å². The van der Waals surface area contributed by atoms with Crippen molar-refractivity contribution in [2.45, 2.75) is 13.8 Å². The fraction of sp³-hybridized carbons (Fsp3) is 0.405. The van der Waals surface area contributed by atoms with Gasteiger partial charge in [-0.1, -0.05) is 13.8 Å². The second kappa shape index (κ2) is 26.3. The van der Waals surface area contributed by atoms with Gasteiger partial charge in [0.15, 0.2) is 0 Å². The lowest BCUT2D eigenvalue weighted by molar-refractivity contribution is 0.0511. The van der Waals surface area contributed by atoms with Gasteiger partial charge in [0.05, 0.1) is 65.5 Å². The second-order valence-electron chi connectivity index (χ2n) is 10.8. The van der Waals surface area contributed by atoms with Crippen LogP contribution in [-0.4, -0.2) is 118 Å². The van der Waals surface area contributed by atoms with Crippen molar-refractivity contribution >= 4 is 41.0 Å². The molecule has 54 heavy (non-hydrogen) atoms. The third-order valence-electron chi connectivity index (χ3n) is 6.91. The number of methoxy groups -OCH3 is 1. The molecule has 0 aliphatic heterocycles. The quantitative estimate of drug-likeness (QED) is 0.0536. The van der Waals surface area contributed by atoms with Crippen LogP contribution in [0.2, 0.25) is 0 Å². The predicted octanol–water partition coefficient (Wildman–Crippen LogP) is 3.39. The summed E-state index contributed by atoms with van der Waals surface area (Å²) in [6.07, 6.45) is 3.13. The van der Waals surface area contributed by atoms with Gasteiger partial charge in [0.2, 0.25) is 17.8 Å². The van der Waals surface area contributed by atoms with E-state index in [2.05, 4.69) is 46.5 Å². The molecule has 0 unspecified atom stereocenters. The SMILES string of the molecule is CC.COc1ccc(Nc2nc(NCCOCCOCCNC(=O)c3cccnc3)nc(Nc3ccc(C(=O)NCCOCCOCCN)cc3)n2)cc1. The number of hydrogen-bond donors (Lipinski definition) is 6. The maximum absolute atomic E-state index is 12.6. The van der Waals surface area contributed by atoms with E-state index in [0.717, 1.165) is 11.4 Å². The summed E-state index contributed by atoms with van der Waals surface area (Å²) in [5.41, 5.74) is 7.80. The molecule has 0 saturated carbocycles. The number of pyridine rings is 1. The van der Waals surface area contributed by atoms with Gasteiger partial charge in [0.1, 0.15) is 5.75 Å². The maximum Gasteiger partial charge on any atom is 0.252 e. The van der Waals surface area contributed by atoms with Crippen LogP contribution in [0.25, 0.3) is 0 Å². The van der Waals surface area contributed by atoms with Crippen molar-refractivity contribution in [1.82, 2.24) is 30.6 Å². The first-order valence-electron chi connectivity index (χ1n) is 17.8. The third-order valence-corrected chi connectivity index (χ3v) is 6.91. The summed E-state index contributed by atoms with van der Waals surface area (Å²) in [6.45, 7) is 8.87. The summed E-state index contributed by atoms with van der Waals surface area (Å²) < 4.78 is 27.1. The lowest BCUT2D eigenvalue weighted by atomic mass is 10.2. The monoisotopic (exact) mass is 748 g/mol. The summed E-state index contributed by atoms with van der Waals surface area (Å²) in [5, 5.41) is 15.1. The number of carbonyl (C=O) groups is 2. The Morgan fingerprint density at radius 2 is 1.11 bits per heavy atom. The minimum absolute atomic E-state index is 0.199. The highest BCUT2D eigenvalue weighted by Gasteiger charge is 2.10. The zero-order valence-electron chi connectivity index (χ0n) is 31.1. The van der Waals surface area contributed by atoms with Crippen LogP contribution in [-0.2, 0) is 18.9 Å². The average Bonchev–Trinajstić information content (AvgIpc) is 3.21. The number of nitrogens with one attached hydrogen (secondary N) is 5. The van der Waals surface area contributed by atoms with E-state index in [1.807, 2.05) is 38.1 Å². The van der Waals surface area contributed by atoms with Crippen LogP contribution in [0.4, 0.5) is 29.2 Å². The number of aromatic nitrogens is 4. The molecule has 0 fully saturated rings. The summed E-state index contributed by atoms with van der Waals surface area (Å²) in [4.78, 5) is 42.1. The molecule has 2 amide bonds. The van der Waals surface area contributed by atoms with E-state index in [-0.39, 0.29) is 17.8 Å². The van der Waals surface area contributed by atoms with Gasteiger partial charge < -0.3 is 56.0 Å². The predicted molar refractivity (Wildman–Crippen MR) is 207 cm³/mol. The van der Waals surface area contributed by atoms with E-state index in [1.54, 1.807) is 49.7 Å². The molecule has 2 aromatic heterocycles. The molecule has 7 N–H and O–H groups in total. The zero-order valence-corrected chi connectivity index (χ0v) is 31.1. The Bertz CT molecular complexity index is 1620. The standard InChI is InChI=1S/C35H46N10O7.C2H6/c1-48-30-10-8-29(9-11-30)42-35-44-33(40-16-20-52-24-23-51-19-15-39-32(47)27-3-2-13-37-25-27)43-34(45-35)41-28-6-4-26(5-7-28)31(46)38-14-18-50-22-21-49-17-12-36;1-2/h2-11,13,25H,12,14-24,36H2,1H3,(H,38,46)(H,39,47)(H3,40,41,42,43,44,45);1-2H3. The van der Waals surface area contributed by atoms with Crippen LogP contribution in [0.5, 0.6) is 5.75 Å². The molecule has 0 atom stereocenters. The van der Waals surface area contributed by atoms with Crippen LogP contribution in [0.3, 0.4) is 0 Å². The summed E-state index contributed by atoms with van der Waals surface area (Å²) in [7, 11) is 1.60. The molecule has 0 bridgehead atoms. The number of carbonyl (C=O) groups excluding carboxylic acids is 2. The Balaban J connectivity index is 0.00000385. The van der Waals surface area contributed by atoms with Gasteiger partial charge in [-0.05, 0) is 60.7 Å². The van der Waals surface area contributed by atoms with Crippen molar-refractivity contribution < 1.29 is 33.3 Å². The molecule has 0 saturated heterocycles. The van der Waals surface area contributed by atoms with Crippen molar-refractivity contribution in [3.8, 4) is 5.75 Å². The van der Waals surface area contributed by atoms with E-state index in [1.165, 1.54) is 6.20 Å². The number of rotatable bonds is 25. The molecule has 0 aliphatic rings. The Labute approximate surface area is 316 Å². The smallest absolute Gasteiger partial charge is 0.252 e. The first kappa shape index (κ1) is 42.9. The van der Waals surface area contributed by atoms with Crippen LogP contribution in [0, 0.1) is 0 Å². The number of ether oxygens (including phenoxy) is 5. The molecule has 0 aliphatic carbocycles. The minimum Gasteiger partial charge on any atom is -0.497 e. The number of nitrogens with two attached hydrogens (primary N) is 1. The van der Waals surface area contributed by atoms with Gasteiger partial charge in [-0.15, -0.1) is 0 Å². The Hall–Kier alpha value is -5.46. The molecule has 0 radical (unpaired) electrons. The lowest BCUT2D eigenvalue weighted by Crippen LogP contribution is -2.27. The third kappa shape index (κ3) is 16.9. The first-order chi connectivity index (χ1) is 26.5. The summed E-state index contributed by atoms with van der Waals surface area (Å²) >= 11 is 0. The van der Waals surface area contributed by atoms with Crippen LogP contribution in [0.15, 0.2) is 73.1 Å². The van der Waals surface area contributed by atoms with Crippen molar-refractivity contribution in [1.29, 1.82) is 0 Å². The number of hydrogen-bond acceptors (Lipinski definition) is 15. The van der Waals surface area contributed by atoms with Gasteiger partial charge in [-0.2, -0.15) is 15.0 Å². The first-order valence-corrected chi connectivity index (χ1v) is 17.8. The molecular weight excluding hydrogens is 696 g/mol. The van der Waals surface area contributed by atoms with E-state index >= 15 is 0 Å². The Morgan fingerprint density at radius 3 is 1.63 bits per heavy atom. The van der Waals surface area contributed by atoms with Gasteiger partial charge in [-0.3, -0.25) is 14.6 Å². The molecule has 17 heteroatoms. The van der Waals surface area contributed by atoms with Crippen molar-refractivity contribution in [2.75, 3.05) is 102 Å². The average molecular weight is 749 g/mol.